The first-order chi connectivity index (χ1) is 27.2. The van der Waals surface area contributed by atoms with Gasteiger partial charge in [-0.3, -0.25) is 0 Å². The van der Waals surface area contributed by atoms with E-state index in [-0.39, 0.29) is 12.4 Å². The maximum absolute atomic E-state index is 11.2. The molecular formula is C49H48O6. The van der Waals surface area contributed by atoms with Crippen LogP contribution in [0.5, 0.6) is 5.75 Å². The molecule has 0 aromatic heterocycles. The van der Waals surface area contributed by atoms with Gasteiger partial charge < -0.3 is 28.8 Å². The lowest BCUT2D eigenvalue weighted by Gasteiger charge is -2.46. The van der Waals surface area contributed by atoms with Gasteiger partial charge in [0.05, 0.1) is 33.0 Å². The van der Waals surface area contributed by atoms with Crippen LogP contribution in [0, 0.1) is 0 Å². The Hall–Kier alpha value is -5.08. The summed E-state index contributed by atoms with van der Waals surface area (Å²) in [6.45, 7) is 1.81. The first-order valence-corrected chi connectivity index (χ1v) is 19.3. The Bertz CT molecular complexity index is 2090. The third kappa shape index (κ3) is 9.42. The molecule has 1 aliphatic carbocycles. The zero-order valence-electron chi connectivity index (χ0n) is 31.0. The normalized spacial score (nSPS) is 20.4. The molecule has 6 heteroatoms. The molecule has 6 aromatic carbocycles. The van der Waals surface area contributed by atoms with E-state index in [0.29, 0.717) is 32.8 Å². The standard InChI is InChI=1S/C49H48O6/c50-44-26-25-42(29-43(44)28-39-21-22-40-23-24-41(40)27-39)46-48(53-32-37-17-9-3-10-18-37)49(54-33-38-19-11-4-12-20-38)47(52-31-36-15-7-2-8-16-36)45(55-46)34-51-30-35-13-5-1-6-14-35/h1-22,25-27,29,45-50H,23-24,28,30-34H2/t45-,46+,47-,48+,49+/m1/s1. The van der Waals surface area contributed by atoms with Gasteiger partial charge in [0.15, 0.2) is 0 Å². The highest BCUT2D eigenvalue weighted by atomic mass is 16.6. The summed E-state index contributed by atoms with van der Waals surface area (Å²) in [5, 5.41) is 11.2. The molecule has 6 nitrogen and oxygen atoms in total. The Morgan fingerprint density at radius 1 is 0.491 bits per heavy atom. The molecule has 2 aliphatic rings. The first kappa shape index (κ1) is 36.9. The average molecular weight is 733 g/mol. The average Bonchev–Trinajstić information content (AvgIpc) is 3.22. The molecule has 5 atom stereocenters. The number of aryl methyl sites for hydroxylation is 2. The number of fused-ring (bicyclic) bond motifs is 1. The van der Waals surface area contributed by atoms with Crippen molar-refractivity contribution >= 4 is 0 Å². The van der Waals surface area contributed by atoms with Crippen molar-refractivity contribution < 1.29 is 28.8 Å². The van der Waals surface area contributed by atoms with Gasteiger partial charge >= 0.3 is 0 Å². The molecule has 0 bridgehead atoms. The number of rotatable bonds is 16. The maximum atomic E-state index is 11.2. The van der Waals surface area contributed by atoms with Gasteiger partial charge in [-0.25, -0.2) is 0 Å². The molecule has 8 rings (SSSR count). The Balaban J connectivity index is 1.15. The Morgan fingerprint density at radius 2 is 1.02 bits per heavy atom. The number of hydrogen-bond donors (Lipinski definition) is 1. The Kier molecular flexibility index (Phi) is 12.1. The molecule has 55 heavy (non-hydrogen) atoms. The second-order valence-corrected chi connectivity index (χ2v) is 14.5. The Labute approximate surface area is 324 Å². The molecule has 1 N–H and O–H groups in total. The van der Waals surface area contributed by atoms with Crippen LogP contribution in [0.1, 0.15) is 56.2 Å². The second-order valence-electron chi connectivity index (χ2n) is 14.5. The lowest BCUT2D eigenvalue weighted by molar-refractivity contribution is -0.275. The quantitative estimate of drug-likeness (QED) is 0.107. The highest BCUT2D eigenvalue weighted by Crippen LogP contribution is 2.40. The fourth-order valence-corrected chi connectivity index (χ4v) is 7.56. The van der Waals surface area contributed by atoms with Crippen LogP contribution < -0.4 is 0 Å². The molecule has 1 saturated heterocycles. The summed E-state index contributed by atoms with van der Waals surface area (Å²) in [5.41, 5.74) is 9.96. The van der Waals surface area contributed by atoms with Crippen LogP contribution in [0.4, 0.5) is 0 Å². The fourth-order valence-electron chi connectivity index (χ4n) is 7.56. The van der Waals surface area contributed by atoms with Crippen molar-refractivity contribution in [1.82, 2.24) is 0 Å². The molecular weight excluding hydrogens is 685 g/mol. The predicted octanol–water partition coefficient (Wildman–Crippen LogP) is 9.49. The molecule has 0 saturated carbocycles. The van der Waals surface area contributed by atoms with Crippen molar-refractivity contribution in [2.24, 2.45) is 0 Å². The van der Waals surface area contributed by atoms with Crippen LogP contribution in [-0.2, 0) is 69.4 Å². The van der Waals surface area contributed by atoms with Gasteiger partial charge in [0.2, 0.25) is 0 Å². The van der Waals surface area contributed by atoms with Gasteiger partial charge in [-0.2, -0.15) is 0 Å². The highest BCUT2D eigenvalue weighted by molar-refractivity contribution is 5.44. The van der Waals surface area contributed by atoms with E-state index in [1.165, 1.54) is 16.7 Å². The van der Waals surface area contributed by atoms with Crippen molar-refractivity contribution in [3.05, 3.63) is 208 Å². The monoisotopic (exact) mass is 732 g/mol. The zero-order chi connectivity index (χ0) is 37.2. The molecule has 1 heterocycles. The largest absolute Gasteiger partial charge is 0.508 e. The van der Waals surface area contributed by atoms with Crippen molar-refractivity contribution in [1.29, 1.82) is 0 Å². The molecule has 0 radical (unpaired) electrons. The highest BCUT2D eigenvalue weighted by Gasteiger charge is 2.49. The molecule has 6 aromatic rings. The SMILES string of the molecule is Oc1ccc([C@@H]2O[C@H](COCc3ccccc3)[C@@H](OCc3ccccc3)[C@H](OCc3ccccc3)[C@H]2OCc2ccccc2)cc1Cc1ccc2c(c1)CC2. The molecule has 0 amide bonds. The third-order valence-electron chi connectivity index (χ3n) is 10.6. The number of hydrogen-bond acceptors (Lipinski definition) is 6. The van der Waals surface area contributed by atoms with E-state index < -0.39 is 30.5 Å². The van der Waals surface area contributed by atoms with Crippen LogP contribution >= 0.6 is 0 Å². The van der Waals surface area contributed by atoms with E-state index in [0.717, 1.165) is 46.2 Å². The third-order valence-corrected chi connectivity index (χ3v) is 10.6. The van der Waals surface area contributed by atoms with Crippen molar-refractivity contribution in [2.45, 2.75) is 76.2 Å². The number of phenolic OH excluding ortho intramolecular Hbond substituents is 1. The van der Waals surface area contributed by atoms with E-state index in [4.69, 9.17) is 23.7 Å². The van der Waals surface area contributed by atoms with Gasteiger partial charge in [0.25, 0.3) is 0 Å². The second kappa shape index (κ2) is 18.0. The fraction of sp³-hybridized carbons (Fsp3) is 0.265. The summed E-state index contributed by atoms with van der Waals surface area (Å²) in [6.07, 6.45) is 0.163. The van der Waals surface area contributed by atoms with Crippen LogP contribution in [0.25, 0.3) is 0 Å². The minimum absolute atomic E-state index is 0.257. The summed E-state index contributed by atoms with van der Waals surface area (Å²) < 4.78 is 34.3. The molecule has 0 spiro atoms. The van der Waals surface area contributed by atoms with Crippen molar-refractivity contribution in [3.8, 4) is 5.75 Å². The number of phenols is 1. The summed E-state index contributed by atoms with van der Waals surface area (Å²) in [7, 11) is 0. The van der Waals surface area contributed by atoms with Crippen LogP contribution in [0.3, 0.4) is 0 Å². The Morgan fingerprint density at radius 3 is 1.56 bits per heavy atom. The van der Waals surface area contributed by atoms with E-state index in [9.17, 15) is 5.11 Å². The number of aromatic hydroxyl groups is 1. The summed E-state index contributed by atoms with van der Waals surface area (Å²) in [4.78, 5) is 0. The molecule has 280 valence electrons. The first-order valence-electron chi connectivity index (χ1n) is 19.3. The number of benzene rings is 6. The minimum Gasteiger partial charge on any atom is -0.508 e. The van der Waals surface area contributed by atoms with Crippen molar-refractivity contribution in [2.75, 3.05) is 6.61 Å². The van der Waals surface area contributed by atoms with Gasteiger partial charge in [-0.15, -0.1) is 0 Å². The van der Waals surface area contributed by atoms with Crippen LogP contribution in [0.2, 0.25) is 0 Å². The topological polar surface area (TPSA) is 66.4 Å². The van der Waals surface area contributed by atoms with Gasteiger partial charge in [-0.05, 0) is 75.0 Å². The lowest BCUT2D eigenvalue weighted by Crippen LogP contribution is -2.58. The molecule has 0 unspecified atom stereocenters. The van der Waals surface area contributed by atoms with E-state index in [1.807, 2.05) is 78.9 Å². The zero-order valence-corrected chi connectivity index (χ0v) is 31.0. The lowest BCUT2D eigenvalue weighted by atomic mass is 9.85. The van der Waals surface area contributed by atoms with Crippen LogP contribution in [-0.4, -0.2) is 36.1 Å². The molecule has 1 aliphatic heterocycles. The summed E-state index contributed by atoms with van der Waals surface area (Å²) >= 11 is 0. The van der Waals surface area contributed by atoms with E-state index in [1.54, 1.807) is 6.07 Å². The molecule has 1 fully saturated rings. The summed E-state index contributed by atoms with van der Waals surface area (Å²) in [5.74, 6) is 0.257. The van der Waals surface area contributed by atoms with Crippen LogP contribution in [0.15, 0.2) is 158 Å². The minimum atomic E-state index is -0.566. The summed E-state index contributed by atoms with van der Waals surface area (Å²) in [6, 6.07) is 53.2. The maximum Gasteiger partial charge on any atom is 0.119 e. The van der Waals surface area contributed by atoms with Gasteiger partial charge in [0.1, 0.15) is 36.3 Å². The van der Waals surface area contributed by atoms with Gasteiger partial charge in [0, 0.05) is 6.42 Å². The van der Waals surface area contributed by atoms with Crippen molar-refractivity contribution in [3.63, 3.8) is 0 Å². The van der Waals surface area contributed by atoms with E-state index in [2.05, 4.69) is 72.8 Å². The van der Waals surface area contributed by atoms with E-state index >= 15 is 0 Å². The smallest absolute Gasteiger partial charge is 0.119 e. The van der Waals surface area contributed by atoms with Gasteiger partial charge in [-0.1, -0.05) is 146 Å². The number of ether oxygens (including phenoxy) is 5. The predicted molar refractivity (Wildman–Crippen MR) is 214 cm³/mol.